The van der Waals surface area contributed by atoms with Crippen LogP contribution in [0.1, 0.15) is 48.9 Å². The van der Waals surface area contributed by atoms with Crippen LogP contribution in [-0.2, 0) is 22.7 Å². The van der Waals surface area contributed by atoms with Gasteiger partial charge in [-0.1, -0.05) is 30.3 Å². The van der Waals surface area contributed by atoms with Gasteiger partial charge in [0.05, 0.1) is 12.6 Å². The van der Waals surface area contributed by atoms with Crippen LogP contribution in [0.2, 0.25) is 0 Å². The predicted molar refractivity (Wildman–Crippen MR) is 143 cm³/mol. The molecule has 0 aromatic heterocycles. The third-order valence-electron chi connectivity index (χ3n) is 6.84. The number of hydrogen-bond acceptors (Lipinski definition) is 5. The zero-order chi connectivity index (χ0) is 25.5. The molecule has 2 aliphatic rings. The summed E-state index contributed by atoms with van der Waals surface area (Å²) in [4.78, 5) is 42.6. The highest BCUT2D eigenvalue weighted by molar-refractivity contribution is 7.98. The molecular weight excluding hydrogens is 474 g/mol. The Labute approximate surface area is 217 Å². The van der Waals surface area contributed by atoms with Gasteiger partial charge < -0.3 is 25.8 Å². The van der Waals surface area contributed by atoms with Crippen LogP contribution >= 0.6 is 11.8 Å². The van der Waals surface area contributed by atoms with Crippen LogP contribution in [-0.4, -0.2) is 60.1 Å². The number of amides is 4. The molecule has 2 heterocycles. The van der Waals surface area contributed by atoms with E-state index in [1.54, 1.807) is 11.8 Å². The van der Waals surface area contributed by atoms with Crippen LogP contribution in [0.15, 0.2) is 47.4 Å². The first-order valence-corrected chi connectivity index (χ1v) is 13.8. The lowest BCUT2D eigenvalue weighted by atomic mass is 10.0. The maximum atomic E-state index is 13.0. The van der Waals surface area contributed by atoms with Gasteiger partial charge in [-0.2, -0.15) is 0 Å². The number of nitrogens with zero attached hydrogens (tertiary/aromatic N) is 2. The summed E-state index contributed by atoms with van der Waals surface area (Å²) in [6, 6.07) is 13.9. The van der Waals surface area contributed by atoms with Gasteiger partial charge in [-0.05, 0) is 54.8 Å². The van der Waals surface area contributed by atoms with E-state index in [4.69, 9.17) is 0 Å². The summed E-state index contributed by atoms with van der Waals surface area (Å²) in [5.74, 6) is 0.0699. The van der Waals surface area contributed by atoms with E-state index in [1.807, 2.05) is 53.3 Å². The van der Waals surface area contributed by atoms with Gasteiger partial charge in [0.15, 0.2) is 0 Å². The highest BCUT2D eigenvalue weighted by Crippen LogP contribution is 2.36. The number of likely N-dealkylation sites (tertiary alicyclic amines) is 1. The molecular formula is C27H35N5O3S. The lowest BCUT2D eigenvalue weighted by Crippen LogP contribution is -2.43. The number of carbonyl (C=O) groups excluding carboxylic acids is 3. The standard InChI is InChI=1S/C27H35N5O3S/c1-3-31-18-20-15-19(10-11-22(20)28-13-12-25(31)33)16-29-27(35)30-17-26(34)32-14-6-8-23(32)21-7-4-5-9-24(21)36-2/h4-5,7,9-11,15,23,28H,3,6,8,12-14,16-18H2,1-2H3,(H2,29,30,35)/t23-/m1/s1. The Balaban J connectivity index is 1.30. The van der Waals surface area contributed by atoms with Crippen molar-refractivity contribution < 1.29 is 14.4 Å². The smallest absolute Gasteiger partial charge is 0.315 e. The summed E-state index contributed by atoms with van der Waals surface area (Å²) < 4.78 is 0. The Bertz CT molecular complexity index is 1110. The Hall–Kier alpha value is -3.20. The molecule has 2 aromatic rings. The number of hydrogen-bond donors (Lipinski definition) is 3. The SMILES string of the molecule is CCN1Cc2cc(CNC(=O)NCC(=O)N3CCC[C@@H]3c3ccccc3SC)ccc2NCCC1=O. The molecule has 2 aliphatic heterocycles. The van der Waals surface area contributed by atoms with E-state index in [0.29, 0.717) is 39.1 Å². The van der Waals surface area contributed by atoms with Crippen molar-refractivity contribution in [1.82, 2.24) is 20.4 Å². The lowest BCUT2D eigenvalue weighted by molar-refractivity contribution is -0.132. The Morgan fingerprint density at radius 1 is 1.17 bits per heavy atom. The van der Waals surface area contributed by atoms with E-state index in [9.17, 15) is 14.4 Å². The van der Waals surface area contributed by atoms with E-state index in [-0.39, 0.29) is 30.4 Å². The average molecular weight is 510 g/mol. The Morgan fingerprint density at radius 2 is 2.00 bits per heavy atom. The molecule has 1 atom stereocenters. The first-order valence-electron chi connectivity index (χ1n) is 12.6. The monoisotopic (exact) mass is 509 g/mol. The molecule has 1 saturated heterocycles. The van der Waals surface area contributed by atoms with Crippen LogP contribution < -0.4 is 16.0 Å². The molecule has 1 fully saturated rings. The summed E-state index contributed by atoms with van der Waals surface area (Å²) >= 11 is 1.69. The van der Waals surface area contributed by atoms with Crippen molar-refractivity contribution in [1.29, 1.82) is 0 Å². The van der Waals surface area contributed by atoms with E-state index >= 15 is 0 Å². The zero-order valence-electron chi connectivity index (χ0n) is 21.0. The van der Waals surface area contributed by atoms with Crippen molar-refractivity contribution in [2.24, 2.45) is 0 Å². The molecule has 4 rings (SSSR count). The van der Waals surface area contributed by atoms with Crippen LogP contribution in [0.25, 0.3) is 0 Å². The quantitative estimate of drug-likeness (QED) is 0.495. The van der Waals surface area contributed by atoms with Crippen molar-refractivity contribution in [3.8, 4) is 0 Å². The maximum Gasteiger partial charge on any atom is 0.315 e. The summed E-state index contributed by atoms with van der Waals surface area (Å²) in [6.45, 7) is 4.80. The molecule has 0 unspecified atom stereocenters. The fourth-order valence-corrected chi connectivity index (χ4v) is 5.59. The number of fused-ring (bicyclic) bond motifs is 1. The van der Waals surface area contributed by atoms with Crippen molar-refractivity contribution in [2.75, 3.05) is 37.8 Å². The summed E-state index contributed by atoms with van der Waals surface area (Å²) in [7, 11) is 0. The summed E-state index contributed by atoms with van der Waals surface area (Å²) in [5.41, 5.74) is 4.17. The fourth-order valence-electron chi connectivity index (χ4n) is 4.94. The van der Waals surface area contributed by atoms with Crippen LogP contribution in [0.4, 0.5) is 10.5 Å². The van der Waals surface area contributed by atoms with E-state index in [1.165, 1.54) is 10.5 Å². The van der Waals surface area contributed by atoms with Crippen molar-refractivity contribution in [3.63, 3.8) is 0 Å². The topological polar surface area (TPSA) is 93.8 Å². The van der Waals surface area contributed by atoms with Crippen LogP contribution in [0.3, 0.4) is 0 Å². The Kier molecular flexibility index (Phi) is 8.74. The van der Waals surface area contributed by atoms with Crippen LogP contribution in [0.5, 0.6) is 0 Å². The van der Waals surface area contributed by atoms with Gasteiger partial charge in [0.1, 0.15) is 0 Å². The van der Waals surface area contributed by atoms with Crippen molar-refractivity contribution >= 4 is 35.3 Å². The first kappa shape index (κ1) is 25.9. The fraction of sp³-hybridized carbons (Fsp3) is 0.444. The normalized spacial score (nSPS) is 17.6. The van der Waals surface area contributed by atoms with Gasteiger partial charge in [0, 0.05) is 49.7 Å². The number of nitrogens with one attached hydrogen (secondary N) is 3. The number of anilines is 1. The van der Waals surface area contributed by atoms with Gasteiger partial charge in [0.25, 0.3) is 0 Å². The molecule has 2 aromatic carbocycles. The highest BCUT2D eigenvalue weighted by atomic mass is 32.2. The maximum absolute atomic E-state index is 13.0. The number of carbonyl (C=O) groups is 3. The van der Waals surface area contributed by atoms with E-state index < -0.39 is 0 Å². The molecule has 9 heteroatoms. The molecule has 8 nitrogen and oxygen atoms in total. The second kappa shape index (κ2) is 12.2. The van der Waals surface area contributed by atoms with Crippen molar-refractivity contribution in [3.05, 3.63) is 59.2 Å². The molecule has 192 valence electrons. The molecule has 0 saturated carbocycles. The number of benzene rings is 2. The number of thioether (sulfide) groups is 1. The third kappa shape index (κ3) is 6.13. The van der Waals surface area contributed by atoms with E-state index in [2.05, 4.69) is 28.1 Å². The third-order valence-corrected chi connectivity index (χ3v) is 7.66. The zero-order valence-corrected chi connectivity index (χ0v) is 21.8. The molecule has 0 spiro atoms. The number of rotatable bonds is 7. The summed E-state index contributed by atoms with van der Waals surface area (Å²) in [5, 5.41) is 8.89. The second-order valence-corrected chi connectivity index (χ2v) is 9.95. The minimum Gasteiger partial charge on any atom is -0.384 e. The van der Waals surface area contributed by atoms with Gasteiger partial charge >= 0.3 is 6.03 Å². The highest BCUT2D eigenvalue weighted by Gasteiger charge is 2.31. The van der Waals surface area contributed by atoms with E-state index in [0.717, 1.165) is 29.7 Å². The largest absolute Gasteiger partial charge is 0.384 e. The molecule has 3 N–H and O–H groups in total. The lowest BCUT2D eigenvalue weighted by Gasteiger charge is -2.27. The molecule has 0 aliphatic carbocycles. The second-order valence-electron chi connectivity index (χ2n) is 9.10. The minimum atomic E-state index is -0.376. The first-order chi connectivity index (χ1) is 17.5. The van der Waals surface area contributed by atoms with Gasteiger partial charge in [-0.3, -0.25) is 9.59 Å². The Morgan fingerprint density at radius 3 is 2.81 bits per heavy atom. The molecule has 0 radical (unpaired) electrons. The minimum absolute atomic E-state index is 0.0363. The molecule has 4 amide bonds. The average Bonchev–Trinajstić information content (AvgIpc) is 3.38. The van der Waals surface area contributed by atoms with Gasteiger partial charge in [-0.25, -0.2) is 4.79 Å². The predicted octanol–water partition coefficient (Wildman–Crippen LogP) is 3.74. The van der Waals surface area contributed by atoms with Crippen LogP contribution in [0, 0.1) is 0 Å². The molecule has 36 heavy (non-hydrogen) atoms. The summed E-state index contributed by atoms with van der Waals surface area (Å²) in [6.07, 6.45) is 4.42. The van der Waals surface area contributed by atoms with Gasteiger partial charge in [-0.15, -0.1) is 11.8 Å². The van der Waals surface area contributed by atoms with Crippen molar-refractivity contribution in [2.45, 2.75) is 50.2 Å². The van der Waals surface area contributed by atoms with Gasteiger partial charge in [0.2, 0.25) is 11.8 Å². The number of urea groups is 1. The molecule has 0 bridgehead atoms.